The summed E-state index contributed by atoms with van der Waals surface area (Å²) in [4.78, 5) is 11.3. The third-order valence-corrected chi connectivity index (χ3v) is 7.70. The summed E-state index contributed by atoms with van der Waals surface area (Å²) in [5.74, 6) is 0.962. The van der Waals surface area contributed by atoms with Gasteiger partial charge in [0, 0.05) is 47.1 Å². The Hall–Kier alpha value is -2.92. The average Bonchev–Trinajstić information content (AvgIpc) is 3.28. The molecule has 0 amide bonds. The zero-order chi connectivity index (χ0) is 24.3. The number of halogens is 1. The second kappa shape index (κ2) is 10.4. The minimum atomic E-state index is 0.313. The molecule has 1 aliphatic rings. The molecule has 1 unspecified atom stereocenters. The molecule has 1 aromatic heterocycles. The van der Waals surface area contributed by atoms with Crippen molar-refractivity contribution in [1.29, 1.82) is 0 Å². The number of imidazole rings is 1. The molecule has 1 aliphatic heterocycles. The van der Waals surface area contributed by atoms with Gasteiger partial charge in [-0.3, -0.25) is 9.38 Å². The second-order valence-corrected chi connectivity index (χ2v) is 10.1. The van der Waals surface area contributed by atoms with Gasteiger partial charge >= 0.3 is 0 Å². The minimum Gasteiger partial charge on any atom is -0.342 e. The van der Waals surface area contributed by atoms with E-state index in [2.05, 4.69) is 90.5 Å². The van der Waals surface area contributed by atoms with Gasteiger partial charge in [-0.1, -0.05) is 79.2 Å². The molecule has 3 aromatic carbocycles. The number of aromatic amines is 1. The maximum Gasteiger partial charge on any atom is 0.137 e. The van der Waals surface area contributed by atoms with Gasteiger partial charge in [0.25, 0.3) is 0 Å². The van der Waals surface area contributed by atoms with Crippen LogP contribution in [0.3, 0.4) is 0 Å². The summed E-state index contributed by atoms with van der Waals surface area (Å²) in [6, 6.07) is 30.1. The Kier molecular flexibility index (Phi) is 7.05. The van der Waals surface area contributed by atoms with E-state index in [1.807, 2.05) is 18.2 Å². The molecule has 0 radical (unpaired) electrons. The van der Waals surface area contributed by atoms with Crippen molar-refractivity contribution in [3.8, 4) is 11.4 Å². The molecule has 2 heterocycles. The normalized spacial score (nSPS) is 16.8. The number of hydrogen-bond donors (Lipinski definition) is 1. The topological polar surface area (TPSA) is 31.9 Å². The van der Waals surface area contributed by atoms with Crippen LogP contribution < -0.4 is 4.48 Å². The van der Waals surface area contributed by atoms with E-state index in [0.717, 1.165) is 60.0 Å². The molecule has 1 atom stereocenters. The lowest BCUT2D eigenvalue weighted by Gasteiger charge is -2.46. The van der Waals surface area contributed by atoms with Crippen molar-refractivity contribution in [2.75, 3.05) is 26.2 Å². The number of nitrogens with one attached hydrogen (secondary N) is 1. The van der Waals surface area contributed by atoms with Crippen molar-refractivity contribution in [3.05, 3.63) is 107 Å². The molecule has 1 N–H and O–H groups in total. The van der Waals surface area contributed by atoms with Crippen molar-refractivity contribution >= 4 is 17.3 Å². The SMILES string of the molecule is CCC(c1nc(-c2ccccc2)[nH]c1C)N1CC[N+](Cc2ccccc2)(c2ccc(Cl)cc2)CC1. The molecular weight excluding hydrogens is 452 g/mol. The van der Waals surface area contributed by atoms with Crippen LogP contribution >= 0.6 is 11.6 Å². The number of quaternary nitrogens is 1. The maximum absolute atomic E-state index is 6.24. The molecule has 1 saturated heterocycles. The Bertz CT molecular complexity index is 1230. The largest absolute Gasteiger partial charge is 0.342 e. The van der Waals surface area contributed by atoms with Crippen molar-refractivity contribution in [3.63, 3.8) is 0 Å². The third-order valence-electron chi connectivity index (χ3n) is 7.45. The van der Waals surface area contributed by atoms with Gasteiger partial charge in [-0.25, -0.2) is 4.98 Å². The lowest BCUT2D eigenvalue weighted by molar-refractivity contribution is 0.0904. The highest BCUT2D eigenvalue weighted by atomic mass is 35.5. The van der Waals surface area contributed by atoms with Crippen LogP contribution in [-0.4, -0.2) is 41.0 Å². The molecule has 35 heavy (non-hydrogen) atoms. The van der Waals surface area contributed by atoms with Crippen molar-refractivity contribution in [2.24, 2.45) is 0 Å². The van der Waals surface area contributed by atoms with E-state index >= 15 is 0 Å². The lowest BCUT2D eigenvalue weighted by atomic mass is 10.0. The Morgan fingerprint density at radius 2 is 1.54 bits per heavy atom. The second-order valence-electron chi connectivity index (χ2n) is 9.63. The predicted octanol–water partition coefficient (Wildman–Crippen LogP) is 7.01. The summed E-state index contributed by atoms with van der Waals surface area (Å²) >= 11 is 6.24. The molecule has 0 bridgehead atoms. The number of benzene rings is 3. The fourth-order valence-corrected chi connectivity index (χ4v) is 5.65. The van der Waals surface area contributed by atoms with Gasteiger partial charge in [-0.2, -0.15) is 0 Å². The van der Waals surface area contributed by atoms with Crippen LogP contribution in [0.2, 0.25) is 5.02 Å². The molecular formula is C30H34ClN4+. The Morgan fingerprint density at radius 3 is 2.17 bits per heavy atom. The quantitative estimate of drug-likeness (QED) is 0.285. The first-order valence-electron chi connectivity index (χ1n) is 12.6. The fraction of sp³-hybridized carbons (Fsp3) is 0.300. The van der Waals surface area contributed by atoms with E-state index in [0.29, 0.717) is 6.04 Å². The van der Waals surface area contributed by atoms with Crippen LogP contribution in [0.1, 0.15) is 36.3 Å². The lowest BCUT2D eigenvalue weighted by Crippen LogP contribution is -2.60. The Labute approximate surface area is 213 Å². The maximum atomic E-state index is 6.24. The first kappa shape index (κ1) is 23.8. The van der Waals surface area contributed by atoms with Crippen LogP contribution in [0.25, 0.3) is 11.4 Å². The first-order valence-corrected chi connectivity index (χ1v) is 13.0. The number of rotatable bonds is 7. The number of aromatic nitrogens is 2. The summed E-state index contributed by atoms with van der Waals surface area (Å²) < 4.78 is 0.947. The Morgan fingerprint density at radius 1 is 0.914 bits per heavy atom. The highest BCUT2D eigenvalue weighted by Crippen LogP contribution is 2.34. The van der Waals surface area contributed by atoms with E-state index in [1.165, 1.54) is 22.6 Å². The summed E-state index contributed by atoms with van der Waals surface area (Å²) in [5, 5.41) is 0.791. The van der Waals surface area contributed by atoms with Gasteiger partial charge in [0.1, 0.15) is 18.1 Å². The molecule has 0 spiro atoms. The predicted molar refractivity (Wildman–Crippen MR) is 146 cm³/mol. The first-order chi connectivity index (χ1) is 17.1. The van der Waals surface area contributed by atoms with E-state index < -0.39 is 0 Å². The fourth-order valence-electron chi connectivity index (χ4n) is 5.53. The average molecular weight is 486 g/mol. The molecule has 0 saturated carbocycles. The molecule has 4 nitrogen and oxygen atoms in total. The number of nitrogens with zero attached hydrogens (tertiary/aromatic N) is 3. The van der Waals surface area contributed by atoms with Crippen molar-refractivity contribution in [2.45, 2.75) is 32.9 Å². The molecule has 5 rings (SSSR count). The highest BCUT2D eigenvalue weighted by Gasteiger charge is 2.38. The van der Waals surface area contributed by atoms with Crippen LogP contribution in [0.4, 0.5) is 5.69 Å². The zero-order valence-electron chi connectivity index (χ0n) is 20.6. The number of piperazine rings is 1. The standard InChI is InChI=1S/C30H34ClN4/c1-3-28(29-23(2)32-30(33-29)25-12-8-5-9-13-25)34-18-20-35(21-19-34,22-24-10-6-4-7-11-24)27-16-14-26(31)15-17-27/h4-17,28H,3,18-22H2,1-2H3,(H,32,33)/q+1. The minimum absolute atomic E-state index is 0.313. The van der Waals surface area contributed by atoms with E-state index in [1.54, 1.807) is 0 Å². The monoisotopic (exact) mass is 485 g/mol. The molecule has 1 fully saturated rings. The van der Waals surface area contributed by atoms with E-state index in [-0.39, 0.29) is 0 Å². The van der Waals surface area contributed by atoms with Crippen LogP contribution in [0.5, 0.6) is 0 Å². The van der Waals surface area contributed by atoms with Gasteiger partial charge in [-0.15, -0.1) is 0 Å². The zero-order valence-corrected chi connectivity index (χ0v) is 21.4. The number of H-pyrrole nitrogens is 1. The van der Waals surface area contributed by atoms with Gasteiger partial charge < -0.3 is 4.98 Å². The van der Waals surface area contributed by atoms with Gasteiger partial charge in [-0.05, 0) is 25.5 Å². The van der Waals surface area contributed by atoms with Gasteiger partial charge in [0.05, 0.1) is 24.8 Å². The summed E-state index contributed by atoms with van der Waals surface area (Å²) in [6.45, 7) is 9.60. The van der Waals surface area contributed by atoms with Crippen LogP contribution in [0, 0.1) is 6.92 Å². The van der Waals surface area contributed by atoms with Gasteiger partial charge in [0.2, 0.25) is 0 Å². The smallest absolute Gasteiger partial charge is 0.137 e. The molecule has 0 aliphatic carbocycles. The molecule has 4 aromatic rings. The summed E-state index contributed by atoms with van der Waals surface area (Å²) in [5.41, 5.74) is 6.20. The number of hydrogen-bond acceptors (Lipinski definition) is 2. The molecule has 180 valence electrons. The number of aryl methyl sites for hydroxylation is 1. The Balaban J connectivity index is 1.39. The molecule has 5 heteroatoms. The highest BCUT2D eigenvalue weighted by molar-refractivity contribution is 6.30. The summed E-state index contributed by atoms with van der Waals surface area (Å²) in [6.07, 6.45) is 1.04. The van der Waals surface area contributed by atoms with E-state index in [4.69, 9.17) is 16.6 Å². The van der Waals surface area contributed by atoms with E-state index in [9.17, 15) is 0 Å². The summed E-state index contributed by atoms with van der Waals surface area (Å²) in [7, 11) is 0. The van der Waals surface area contributed by atoms with Crippen LogP contribution in [0.15, 0.2) is 84.9 Å². The third kappa shape index (κ3) is 5.06. The van der Waals surface area contributed by atoms with Crippen LogP contribution in [-0.2, 0) is 6.54 Å². The van der Waals surface area contributed by atoms with Crippen molar-refractivity contribution in [1.82, 2.24) is 19.4 Å². The van der Waals surface area contributed by atoms with Gasteiger partial charge in [0.15, 0.2) is 0 Å². The van der Waals surface area contributed by atoms with Crippen molar-refractivity contribution < 1.29 is 0 Å².